The third-order valence-corrected chi connectivity index (χ3v) is 5.48. The smallest absolute Gasteiger partial charge is 0.292 e. The van der Waals surface area contributed by atoms with Crippen LogP contribution >= 0.6 is 0 Å². The first-order valence-corrected chi connectivity index (χ1v) is 10.3. The van der Waals surface area contributed by atoms with Crippen molar-refractivity contribution in [1.29, 1.82) is 0 Å². The number of rotatable bonds is 4. The van der Waals surface area contributed by atoms with Gasteiger partial charge in [0.05, 0.1) is 17.8 Å². The molecule has 0 unspecified atom stereocenters. The highest BCUT2D eigenvalue weighted by Gasteiger charge is 2.29. The van der Waals surface area contributed by atoms with Gasteiger partial charge in [-0.25, -0.2) is 4.68 Å². The lowest BCUT2D eigenvalue weighted by atomic mass is 9.92. The molecule has 3 aromatic rings. The number of benzene rings is 1. The number of Topliss-reactive ketones (excluding diaryl/α,β-unsaturated/α-hetero) is 1. The second-order valence-electron chi connectivity index (χ2n) is 8.89. The third kappa shape index (κ3) is 3.82. The molecule has 0 saturated carbocycles. The van der Waals surface area contributed by atoms with Gasteiger partial charge in [-0.3, -0.25) is 9.59 Å². The fourth-order valence-corrected chi connectivity index (χ4v) is 3.80. The van der Waals surface area contributed by atoms with E-state index in [1.165, 1.54) is 0 Å². The number of nitrogens with one attached hydrogen (secondary N) is 1. The normalized spacial score (nSPS) is 13.9. The van der Waals surface area contributed by atoms with Crippen LogP contribution in [0.25, 0.3) is 0 Å². The fraction of sp³-hybridized carbons (Fsp3) is 0.375. The molecule has 0 fully saturated rings. The molecule has 6 heteroatoms. The van der Waals surface area contributed by atoms with E-state index in [1.54, 1.807) is 11.6 Å². The Morgan fingerprint density at radius 3 is 2.60 bits per heavy atom. The van der Waals surface area contributed by atoms with Crippen molar-refractivity contribution < 1.29 is 14.0 Å². The molecule has 0 saturated heterocycles. The predicted octanol–water partition coefficient (Wildman–Crippen LogP) is 4.90. The van der Waals surface area contributed by atoms with E-state index in [4.69, 9.17) is 9.52 Å². The summed E-state index contributed by atoms with van der Waals surface area (Å²) in [6.45, 7) is 8.58. The van der Waals surface area contributed by atoms with E-state index < -0.39 is 0 Å². The van der Waals surface area contributed by atoms with E-state index in [1.807, 2.05) is 36.4 Å². The van der Waals surface area contributed by atoms with Crippen molar-refractivity contribution in [1.82, 2.24) is 9.78 Å². The van der Waals surface area contributed by atoms with E-state index in [-0.39, 0.29) is 22.9 Å². The zero-order valence-electron chi connectivity index (χ0n) is 17.9. The maximum absolute atomic E-state index is 13.1. The maximum Gasteiger partial charge on any atom is 0.292 e. The zero-order valence-corrected chi connectivity index (χ0v) is 17.9. The molecule has 1 N–H and O–H groups in total. The Morgan fingerprint density at radius 1 is 1.20 bits per heavy atom. The lowest BCUT2D eigenvalue weighted by molar-refractivity contribution is 0.0963. The number of hydrogen-bond acceptors (Lipinski definition) is 4. The van der Waals surface area contributed by atoms with Gasteiger partial charge in [-0.2, -0.15) is 5.10 Å². The molecule has 1 amide bonds. The van der Waals surface area contributed by atoms with Gasteiger partial charge < -0.3 is 9.73 Å². The van der Waals surface area contributed by atoms with Crippen molar-refractivity contribution >= 4 is 17.5 Å². The molecule has 0 atom stereocenters. The van der Waals surface area contributed by atoms with Crippen molar-refractivity contribution in [3.63, 3.8) is 0 Å². The third-order valence-electron chi connectivity index (χ3n) is 5.48. The maximum atomic E-state index is 13.1. The average molecular weight is 405 g/mol. The van der Waals surface area contributed by atoms with E-state index in [9.17, 15) is 9.59 Å². The zero-order chi connectivity index (χ0) is 21.5. The van der Waals surface area contributed by atoms with Crippen LogP contribution in [0.1, 0.15) is 77.1 Å². The summed E-state index contributed by atoms with van der Waals surface area (Å²) < 4.78 is 7.61. The Balaban J connectivity index is 1.66. The number of carbonyl (C=O) groups is 2. The van der Waals surface area contributed by atoms with Gasteiger partial charge in [-0.05, 0) is 18.9 Å². The summed E-state index contributed by atoms with van der Waals surface area (Å²) in [6, 6.07) is 11.9. The molecule has 0 bridgehead atoms. The number of furan rings is 1. The van der Waals surface area contributed by atoms with Crippen LogP contribution in [0.5, 0.6) is 0 Å². The van der Waals surface area contributed by atoms with Gasteiger partial charge >= 0.3 is 0 Å². The van der Waals surface area contributed by atoms with Crippen molar-refractivity contribution in [3.05, 3.63) is 70.3 Å². The highest BCUT2D eigenvalue weighted by Crippen LogP contribution is 2.30. The van der Waals surface area contributed by atoms with Gasteiger partial charge in [0.15, 0.2) is 11.5 Å². The van der Waals surface area contributed by atoms with Gasteiger partial charge in [0, 0.05) is 29.9 Å². The van der Waals surface area contributed by atoms with Crippen LogP contribution in [0, 0.1) is 6.92 Å². The number of amides is 1. The Labute approximate surface area is 176 Å². The second kappa shape index (κ2) is 7.59. The highest BCUT2D eigenvalue weighted by molar-refractivity contribution is 6.07. The number of nitrogens with zero attached hydrogens (tertiary/aromatic N) is 2. The SMILES string of the molecule is Cc1c(C(=O)Nc2cc(C(C)(C)C)nn2Cc2ccccc2)oc2c1C(=O)CCC2. The van der Waals surface area contributed by atoms with Gasteiger partial charge in [0.2, 0.25) is 0 Å². The molecule has 0 spiro atoms. The van der Waals surface area contributed by atoms with Gasteiger partial charge in [0.25, 0.3) is 5.91 Å². The quantitative estimate of drug-likeness (QED) is 0.670. The minimum atomic E-state index is -0.357. The largest absolute Gasteiger partial charge is 0.455 e. The lowest BCUT2D eigenvalue weighted by Crippen LogP contribution is -2.17. The molecule has 1 aliphatic rings. The standard InChI is InChI=1S/C24H27N3O3/c1-15-21-17(28)11-8-12-18(21)30-22(15)23(29)25-20-13-19(24(2,3)4)26-27(20)14-16-9-6-5-7-10-16/h5-7,9-10,13H,8,11-12,14H2,1-4H3,(H,25,29). The number of fused-ring (bicyclic) bond motifs is 1. The summed E-state index contributed by atoms with van der Waals surface area (Å²) in [5.41, 5.74) is 3.02. The summed E-state index contributed by atoms with van der Waals surface area (Å²) in [4.78, 5) is 25.3. The van der Waals surface area contributed by atoms with E-state index in [0.717, 1.165) is 17.7 Å². The molecule has 0 aliphatic heterocycles. The molecule has 0 radical (unpaired) electrons. The topological polar surface area (TPSA) is 77.1 Å². The summed E-state index contributed by atoms with van der Waals surface area (Å²) in [6.07, 6.45) is 1.96. The number of hydrogen-bond donors (Lipinski definition) is 1. The first kappa shape index (κ1) is 20.1. The van der Waals surface area contributed by atoms with Crippen molar-refractivity contribution in [2.24, 2.45) is 0 Å². The molecule has 156 valence electrons. The first-order chi connectivity index (χ1) is 14.2. The Morgan fingerprint density at radius 2 is 1.93 bits per heavy atom. The van der Waals surface area contributed by atoms with Gasteiger partial charge in [-0.15, -0.1) is 0 Å². The molecule has 2 heterocycles. The Kier molecular flexibility index (Phi) is 5.10. The van der Waals surface area contributed by atoms with E-state index >= 15 is 0 Å². The average Bonchev–Trinajstić information content (AvgIpc) is 3.24. The molecular formula is C24H27N3O3. The second-order valence-corrected chi connectivity index (χ2v) is 8.89. The van der Waals surface area contributed by atoms with Gasteiger partial charge in [-0.1, -0.05) is 51.1 Å². The first-order valence-electron chi connectivity index (χ1n) is 10.3. The molecule has 4 rings (SSSR count). The number of aromatic nitrogens is 2. The molecule has 30 heavy (non-hydrogen) atoms. The monoisotopic (exact) mass is 405 g/mol. The molecule has 1 aliphatic carbocycles. The summed E-state index contributed by atoms with van der Waals surface area (Å²) in [5, 5.41) is 7.70. The number of carbonyl (C=O) groups excluding carboxylic acids is 2. The van der Waals surface area contributed by atoms with Crippen LogP contribution in [0.2, 0.25) is 0 Å². The molecule has 6 nitrogen and oxygen atoms in total. The van der Waals surface area contributed by atoms with Crippen LogP contribution in [0.4, 0.5) is 5.82 Å². The molecule has 1 aromatic carbocycles. The van der Waals surface area contributed by atoms with Crippen molar-refractivity contribution in [2.75, 3.05) is 5.32 Å². The highest BCUT2D eigenvalue weighted by atomic mass is 16.4. The van der Waals surface area contributed by atoms with Crippen LogP contribution in [-0.2, 0) is 18.4 Å². The van der Waals surface area contributed by atoms with Crippen LogP contribution in [-0.4, -0.2) is 21.5 Å². The molecular weight excluding hydrogens is 378 g/mol. The van der Waals surface area contributed by atoms with Crippen molar-refractivity contribution in [3.8, 4) is 0 Å². The predicted molar refractivity (Wildman–Crippen MR) is 115 cm³/mol. The minimum Gasteiger partial charge on any atom is -0.455 e. The summed E-state index contributed by atoms with van der Waals surface area (Å²) in [7, 11) is 0. The molecule has 2 aromatic heterocycles. The van der Waals surface area contributed by atoms with Gasteiger partial charge in [0.1, 0.15) is 11.6 Å². The summed E-state index contributed by atoms with van der Waals surface area (Å²) >= 11 is 0. The summed E-state index contributed by atoms with van der Waals surface area (Å²) in [5.74, 6) is 1.14. The van der Waals surface area contributed by atoms with Crippen LogP contribution in [0.3, 0.4) is 0 Å². The van der Waals surface area contributed by atoms with Crippen LogP contribution in [0.15, 0.2) is 40.8 Å². The Hall–Kier alpha value is -3.15. The Bertz CT molecular complexity index is 1100. The number of ketones is 1. The minimum absolute atomic E-state index is 0.0562. The fourth-order valence-electron chi connectivity index (χ4n) is 3.80. The lowest BCUT2D eigenvalue weighted by Gasteiger charge is -2.14. The van der Waals surface area contributed by atoms with Crippen LogP contribution < -0.4 is 5.32 Å². The van der Waals surface area contributed by atoms with Crippen molar-refractivity contribution in [2.45, 2.75) is 58.9 Å². The van der Waals surface area contributed by atoms with E-state index in [2.05, 4.69) is 26.1 Å². The van der Waals surface area contributed by atoms with E-state index in [0.29, 0.717) is 42.1 Å². The number of aryl methyl sites for hydroxylation is 1. The number of anilines is 1.